The molecule has 1 rings (SSSR count). The summed E-state index contributed by atoms with van der Waals surface area (Å²) in [5, 5.41) is 0. The summed E-state index contributed by atoms with van der Waals surface area (Å²) in [7, 11) is 0. The topological polar surface area (TPSA) is 30.5 Å². The molecule has 3 nitrogen and oxygen atoms in total. The molecule has 0 saturated carbocycles. The Hall–Kier alpha value is -0.120. The lowest BCUT2D eigenvalue weighted by Crippen LogP contribution is -2.43. The van der Waals surface area contributed by atoms with Crippen LogP contribution in [0.2, 0.25) is 0 Å². The van der Waals surface area contributed by atoms with Crippen LogP contribution < -0.4 is 5.48 Å². The minimum absolute atomic E-state index is 0.00287. The largest absolute Gasteiger partial charge is 0.375 e. The van der Waals surface area contributed by atoms with Crippen molar-refractivity contribution in [2.75, 3.05) is 13.2 Å². The highest BCUT2D eigenvalue weighted by Gasteiger charge is 2.28. The molecule has 14 heavy (non-hydrogen) atoms. The second kappa shape index (κ2) is 5.10. The van der Waals surface area contributed by atoms with Crippen LogP contribution >= 0.6 is 0 Å². The molecule has 0 aromatic carbocycles. The van der Waals surface area contributed by atoms with Gasteiger partial charge in [0.05, 0.1) is 12.2 Å². The van der Waals surface area contributed by atoms with Crippen molar-refractivity contribution in [3.05, 3.63) is 0 Å². The van der Waals surface area contributed by atoms with E-state index in [1.165, 1.54) is 0 Å². The van der Waals surface area contributed by atoms with Crippen LogP contribution in [0.1, 0.15) is 40.5 Å². The molecule has 1 N–H and O–H groups in total. The van der Waals surface area contributed by atoms with Crippen molar-refractivity contribution in [2.24, 2.45) is 5.92 Å². The fraction of sp³-hybridized carbons (Fsp3) is 1.00. The molecular formula is C11H23NO2. The Morgan fingerprint density at radius 3 is 2.79 bits per heavy atom. The highest BCUT2D eigenvalue weighted by molar-refractivity contribution is 4.81. The average molecular weight is 201 g/mol. The molecule has 0 radical (unpaired) electrons. The summed E-state index contributed by atoms with van der Waals surface area (Å²) in [4.78, 5) is 5.42. The standard InChI is InChI=1S/C11H23NO2/c1-9(2)8-14-12-10-5-6-13-11(3,4)7-10/h9-10,12H,5-8H2,1-4H3. The molecule has 1 saturated heterocycles. The van der Waals surface area contributed by atoms with Gasteiger partial charge in [-0.15, -0.1) is 0 Å². The third-order valence-corrected chi connectivity index (χ3v) is 2.36. The average Bonchev–Trinajstić information content (AvgIpc) is 2.01. The molecule has 0 bridgehead atoms. The van der Waals surface area contributed by atoms with Gasteiger partial charge >= 0.3 is 0 Å². The molecule has 0 aliphatic carbocycles. The molecule has 1 fully saturated rings. The van der Waals surface area contributed by atoms with Crippen LogP contribution in [-0.2, 0) is 9.57 Å². The first-order valence-electron chi connectivity index (χ1n) is 5.51. The zero-order chi connectivity index (χ0) is 10.6. The second-order valence-electron chi connectivity index (χ2n) is 5.12. The molecule has 84 valence electrons. The van der Waals surface area contributed by atoms with E-state index in [0.717, 1.165) is 26.1 Å². The Morgan fingerprint density at radius 2 is 2.21 bits per heavy atom. The van der Waals surface area contributed by atoms with Gasteiger partial charge in [0, 0.05) is 12.6 Å². The summed E-state index contributed by atoms with van der Waals surface area (Å²) in [6, 6.07) is 0.442. The third kappa shape index (κ3) is 4.40. The fourth-order valence-corrected chi connectivity index (χ4v) is 1.67. The monoisotopic (exact) mass is 201 g/mol. The van der Waals surface area contributed by atoms with E-state index in [1.54, 1.807) is 0 Å². The van der Waals surface area contributed by atoms with Gasteiger partial charge in [0.2, 0.25) is 0 Å². The normalized spacial score (nSPS) is 26.8. The molecule has 0 aromatic heterocycles. The van der Waals surface area contributed by atoms with E-state index in [4.69, 9.17) is 9.57 Å². The fourth-order valence-electron chi connectivity index (χ4n) is 1.67. The van der Waals surface area contributed by atoms with E-state index in [1.807, 2.05) is 0 Å². The summed E-state index contributed by atoms with van der Waals surface area (Å²) in [6.07, 6.45) is 2.06. The molecule has 1 atom stereocenters. The summed E-state index contributed by atoms with van der Waals surface area (Å²) in [5.74, 6) is 0.579. The number of hydrogen-bond acceptors (Lipinski definition) is 3. The molecule has 0 amide bonds. The zero-order valence-electron chi connectivity index (χ0n) is 9.80. The molecular weight excluding hydrogens is 178 g/mol. The quantitative estimate of drug-likeness (QED) is 0.707. The highest BCUT2D eigenvalue weighted by atomic mass is 16.6. The first kappa shape index (κ1) is 12.0. The Balaban J connectivity index is 2.18. The Kier molecular flexibility index (Phi) is 4.35. The van der Waals surface area contributed by atoms with Crippen LogP contribution in [0.25, 0.3) is 0 Å². The number of hydrogen-bond donors (Lipinski definition) is 1. The van der Waals surface area contributed by atoms with Gasteiger partial charge in [-0.3, -0.25) is 0 Å². The van der Waals surface area contributed by atoms with Crippen molar-refractivity contribution in [1.29, 1.82) is 0 Å². The maximum Gasteiger partial charge on any atom is 0.0705 e. The van der Waals surface area contributed by atoms with Crippen LogP contribution in [-0.4, -0.2) is 24.9 Å². The van der Waals surface area contributed by atoms with Crippen molar-refractivity contribution in [1.82, 2.24) is 5.48 Å². The lowest BCUT2D eigenvalue weighted by Gasteiger charge is -2.35. The molecule has 1 aliphatic heterocycles. The number of nitrogens with one attached hydrogen (secondary N) is 1. The molecule has 3 heteroatoms. The molecule has 0 aromatic rings. The molecule has 0 spiro atoms. The van der Waals surface area contributed by atoms with Gasteiger partial charge in [-0.1, -0.05) is 13.8 Å². The number of rotatable bonds is 4. The summed E-state index contributed by atoms with van der Waals surface area (Å²) in [5.41, 5.74) is 3.13. The Bertz CT molecular complexity index is 169. The van der Waals surface area contributed by atoms with Crippen molar-refractivity contribution >= 4 is 0 Å². The van der Waals surface area contributed by atoms with E-state index in [-0.39, 0.29) is 5.60 Å². The van der Waals surface area contributed by atoms with Crippen molar-refractivity contribution in [3.63, 3.8) is 0 Å². The maximum atomic E-state index is 5.63. The lowest BCUT2D eigenvalue weighted by molar-refractivity contribution is -0.0959. The van der Waals surface area contributed by atoms with Crippen LogP contribution in [0, 0.1) is 5.92 Å². The van der Waals surface area contributed by atoms with Gasteiger partial charge in [0.25, 0.3) is 0 Å². The second-order valence-corrected chi connectivity index (χ2v) is 5.12. The van der Waals surface area contributed by atoms with E-state index in [0.29, 0.717) is 12.0 Å². The van der Waals surface area contributed by atoms with E-state index < -0.39 is 0 Å². The predicted octanol–water partition coefficient (Wildman–Crippen LogP) is 2.12. The van der Waals surface area contributed by atoms with Gasteiger partial charge in [-0.05, 0) is 32.6 Å². The van der Waals surface area contributed by atoms with Crippen molar-refractivity contribution in [3.8, 4) is 0 Å². The van der Waals surface area contributed by atoms with Gasteiger partial charge in [-0.25, -0.2) is 0 Å². The lowest BCUT2D eigenvalue weighted by atomic mass is 9.95. The number of hydroxylamine groups is 1. The van der Waals surface area contributed by atoms with E-state index >= 15 is 0 Å². The Labute approximate surface area is 87.1 Å². The molecule has 1 aliphatic rings. The van der Waals surface area contributed by atoms with Gasteiger partial charge < -0.3 is 9.57 Å². The SMILES string of the molecule is CC(C)CONC1CCOC(C)(C)C1. The summed E-state index contributed by atoms with van der Waals surface area (Å²) < 4.78 is 5.63. The molecule has 1 unspecified atom stereocenters. The van der Waals surface area contributed by atoms with E-state index in [9.17, 15) is 0 Å². The third-order valence-electron chi connectivity index (χ3n) is 2.36. The predicted molar refractivity (Wildman–Crippen MR) is 57.0 cm³/mol. The first-order chi connectivity index (χ1) is 6.49. The van der Waals surface area contributed by atoms with Crippen molar-refractivity contribution < 1.29 is 9.57 Å². The van der Waals surface area contributed by atoms with Crippen LogP contribution in [0.15, 0.2) is 0 Å². The number of ether oxygens (including phenoxy) is 1. The van der Waals surface area contributed by atoms with Gasteiger partial charge in [0.15, 0.2) is 0 Å². The van der Waals surface area contributed by atoms with Crippen LogP contribution in [0.4, 0.5) is 0 Å². The van der Waals surface area contributed by atoms with Gasteiger partial charge in [-0.2, -0.15) is 5.48 Å². The summed E-state index contributed by atoms with van der Waals surface area (Å²) >= 11 is 0. The van der Waals surface area contributed by atoms with Gasteiger partial charge in [0.1, 0.15) is 0 Å². The first-order valence-corrected chi connectivity index (χ1v) is 5.51. The highest BCUT2D eigenvalue weighted by Crippen LogP contribution is 2.23. The van der Waals surface area contributed by atoms with Crippen LogP contribution in [0.3, 0.4) is 0 Å². The maximum absolute atomic E-state index is 5.63. The Morgan fingerprint density at radius 1 is 1.50 bits per heavy atom. The zero-order valence-corrected chi connectivity index (χ0v) is 9.80. The summed E-state index contributed by atoms with van der Waals surface area (Å²) in [6.45, 7) is 10.2. The van der Waals surface area contributed by atoms with Crippen LogP contribution in [0.5, 0.6) is 0 Å². The minimum Gasteiger partial charge on any atom is -0.375 e. The van der Waals surface area contributed by atoms with E-state index in [2.05, 4.69) is 33.2 Å². The van der Waals surface area contributed by atoms with Crippen molar-refractivity contribution in [2.45, 2.75) is 52.2 Å². The molecule has 1 heterocycles. The minimum atomic E-state index is -0.00287. The smallest absolute Gasteiger partial charge is 0.0705 e.